The average Bonchev–Trinajstić information content (AvgIpc) is 2.40. The van der Waals surface area contributed by atoms with Gasteiger partial charge in [0, 0.05) is 35.8 Å². The minimum atomic E-state index is -4.20. The Bertz CT molecular complexity index is 448. The molecule has 0 spiro atoms. The van der Waals surface area contributed by atoms with E-state index in [9.17, 15) is 13.2 Å². The summed E-state index contributed by atoms with van der Waals surface area (Å²) in [5.74, 6) is 0.332. The van der Waals surface area contributed by atoms with Crippen molar-refractivity contribution in [3.63, 3.8) is 0 Å². The first kappa shape index (κ1) is 15.7. The zero-order valence-electron chi connectivity index (χ0n) is 10.8. The zero-order chi connectivity index (χ0) is 14.6. The highest BCUT2D eigenvalue weighted by molar-refractivity contribution is 9.10. The number of hydrogen-bond acceptors (Lipinski definition) is 3. The standard InChI is InChI=1S/C13H16BrF3N2O/c14-10-1-2-11(9-3-5-20-6-4-9)19-12(10)7-18-8-13(15,16)17/h1-2,9,18H,3-8H2. The fraction of sp³-hybridized carbons (Fsp3) is 0.615. The molecule has 0 bridgehead atoms. The number of nitrogens with zero attached hydrogens (tertiary/aromatic N) is 1. The van der Waals surface area contributed by atoms with E-state index in [4.69, 9.17) is 4.74 Å². The van der Waals surface area contributed by atoms with Crippen molar-refractivity contribution in [2.24, 2.45) is 0 Å². The van der Waals surface area contributed by atoms with Crippen LogP contribution in [0.4, 0.5) is 13.2 Å². The fourth-order valence-electron chi connectivity index (χ4n) is 2.17. The Morgan fingerprint density at radius 1 is 1.30 bits per heavy atom. The van der Waals surface area contributed by atoms with Crippen LogP contribution in [0.2, 0.25) is 0 Å². The molecule has 2 heterocycles. The van der Waals surface area contributed by atoms with Crippen LogP contribution in [0.3, 0.4) is 0 Å². The van der Waals surface area contributed by atoms with Crippen molar-refractivity contribution in [2.45, 2.75) is 31.5 Å². The molecule has 7 heteroatoms. The van der Waals surface area contributed by atoms with Crippen LogP contribution in [0.1, 0.15) is 30.1 Å². The first-order chi connectivity index (χ1) is 9.46. The molecule has 0 unspecified atom stereocenters. The summed E-state index contributed by atoms with van der Waals surface area (Å²) >= 11 is 3.33. The number of halogens is 4. The molecule has 1 fully saturated rings. The van der Waals surface area contributed by atoms with Crippen molar-refractivity contribution in [3.05, 3.63) is 28.0 Å². The van der Waals surface area contributed by atoms with Crippen molar-refractivity contribution < 1.29 is 17.9 Å². The van der Waals surface area contributed by atoms with Gasteiger partial charge in [-0.3, -0.25) is 4.98 Å². The SMILES string of the molecule is FC(F)(F)CNCc1nc(C2CCOCC2)ccc1Br. The van der Waals surface area contributed by atoms with Gasteiger partial charge in [-0.15, -0.1) is 0 Å². The summed E-state index contributed by atoms with van der Waals surface area (Å²) in [6.07, 6.45) is -2.39. The molecular formula is C13H16BrF3N2O. The molecule has 1 N–H and O–H groups in total. The Morgan fingerprint density at radius 2 is 2.00 bits per heavy atom. The van der Waals surface area contributed by atoms with Gasteiger partial charge in [0.05, 0.1) is 12.2 Å². The van der Waals surface area contributed by atoms with Crippen LogP contribution in [0.25, 0.3) is 0 Å². The molecule has 2 rings (SSSR count). The molecule has 3 nitrogen and oxygen atoms in total. The van der Waals surface area contributed by atoms with E-state index in [1.807, 2.05) is 12.1 Å². The summed E-state index contributed by atoms with van der Waals surface area (Å²) < 4.78 is 42.4. The third-order valence-electron chi connectivity index (χ3n) is 3.20. The van der Waals surface area contributed by atoms with Crippen LogP contribution in [0.5, 0.6) is 0 Å². The Morgan fingerprint density at radius 3 is 2.65 bits per heavy atom. The number of nitrogens with one attached hydrogen (secondary N) is 1. The Labute approximate surface area is 124 Å². The van der Waals surface area contributed by atoms with Gasteiger partial charge >= 0.3 is 6.18 Å². The third kappa shape index (κ3) is 4.71. The molecule has 0 amide bonds. The topological polar surface area (TPSA) is 34.2 Å². The van der Waals surface area contributed by atoms with E-state index < -0.39 is 12.7 Å². The van der Waals surface area contributed by atoms with Gasteiger partial charge < -0.3 is 10.1 Å². The molecule has 1 aliphatic rings. The Kier molecular flexibility index (Phi) is 5.40. The van der Waals surface area contributed by atoms with Crippen molar-refractivity contribution in [3.8, 4) is 0 Å². The number of ether oxygens (including phenoxy) is 1. The predicted octanol–water partition coefficient (Wildman–Crippen LogP) is 3.39. The lowest BCUT2D eigenvalue weighted by Gasteiger charge is -2.22. The van der Waals surface area contributed by atoms with Gasteiger partial charge in [-0.05, 0) is 40.9 Å². The Balaban J connectivity index is 2.00. The number of alkyl halides is 3. The lowest BCUT2D eigenvalue weighted by molar-refractivity contribution is -0.125. The second kappa shape index (κ2) is 6.87. The predicted molar refractivity (Wildman–Crippen MR) is 72.5 cm³/mol. The summed E-state index contributed by atoms with van der Waals surface area (Å²) in [6.45, 7) is 0.508. The van der Waals surface area contributed by atoms with Gasteiger partial charge in [-0.1, -0.05) is 0 Å². The van der Waals surface area contributed by atoms with E-state index >= 15 is 0 Å². The highest BCUT2D eigenvalue weighted by Crippen LogP contribution is 2.27. The molecule has 1 aromatic heterocycles. The number of aromatic nitrogens is 1. The lowest BCUT2D eigenvalue weighted by Crippen LogP contribution is -2.28. The van der Waals surface area contributed by atoms with E-state index in [0.29, 0.717) is 24.8 Å². The lowest BCUT2D eigenvalue weighted by atomic mass is 9.96. The van der Waals surface area contributed by atoms with Crippen molar-refractivity contribution >= 4 is 15.9 Å². The van der Waals surface area contributed by atoms with E-state index in [0.717, 1.165) is 23.0 Å². The maximum atomic E-state index is 12.1. The number of hydrogen-bond donors (Lipinski definition) is 1. The summed E-state index contributed by atoms with van der Waals surface area (Å²) in [7, 11) is 0. The summed E-state index contributed by atoms with van der Waals surface area (Å²) in [6, 6.07) is 3.77. The summed E-state index contributed by atoms with van der Waals surface area (Å²) in [5, 5.41) is 2.37. The second-order valence-corrected chi connectivity index (χ2v) is 5.62. The van der Waals surface area contributed by atoms with Gasteiger partial charge in [0.1, 0.15) is 0 Å². The van der Waals surface area contributed by atoms with Crippen LogP contribution in [-0.2, 0) is 11.3 Å². The monoisotopic (exact) mass is 352 g/mol. The van der Waals surface area contributed by atoms with Crippen LogP contribution >= 0.6 is 15.9 Å². The first-order valence-corrected chi connectivity index (χ1v) is 7.25. The molecule has 112 valence electrons. The highest BCUT2D eigenvalue weighted by atomic mass is 79.9. The molecule has 0 radical (unpaired) electrons. The molecule has 1 aliphatic heterocycles. The maximum absolute atomic E-state index is 12.1. The van der Waals surface area contributed by atoms with Gasteiger partial charge in [-0.2, -0.15) is 13.2 Å². The molecule has 1 saturated heterocycles. The molecular weight excluding hydrogens is 337 g/mol. The smallest absolute Gasteiger partial charge is 0.381 e. The molecule has 0 atom stereocenters. The van der Waals surface area contributed by atoms with E-state index in [1.54, 1.807) is 0 Å². The third-order valence-corrected chi connectivity index (χ3v) is 3.92. The highest BCUT2D eigenvalue weighted by Gasteiger charge is 2.26. The minimum Gasteiger partial charge on any atom is -0.381 e. The zero-order valence-corrected chi connectivity index (χ0v) is 12.4. The summed E-state index contributed by atoms with van der Waals surface area (Å²) in [5.41, 5.74) is 1.54. The van der Waals surface area contributed by atoms with Crippen LogP contribution in [0, 0.1) is 0 Å². The largest absolute Gasteiger partial charge is 0.401 e. The second-order valence-electron chi connectivity index (χ2n) is 4.77. The van der Waals surface area contributed by atoms with Crippen LogP contribution < -0.4 is 5.32 Å². The van der Waals surface area contributed by atoms with Gasteiger partial charge in [0.15, 0.2) is 0 Å². The molecule has 1 aromatic rings. The quantitative estimate of drug-likeness (QED) is 0.901. The van der Waals surface area contributed by atoms with E-state index in [2.05, 4.69) is 26.2 Å². The van der Waals surface area contributed by atoms with Gasteiger partial charge in [0.2, 0.25) is 0 Å². The normalized spacial score (nSPS) is 17.4. The minimum absolute atomic E-state index is 0.0944. The van der Waals surface area contributed by atoms with E-state index in [-0.39, 0.29) is 6.54 Å². The number of pyridine rings is 1. The average molecular weight is 353 g/mol. The summed E-state index contributed by atoms with van der Waals surface area (Å²) in [4.78, 5) is 4.48. The first-order valence-electron chi connectivity index (χ1n) is 6.46. The molecule has 0 aromatic carbocycles. The van der Waals surface area contributed by atoms with Gasteiger partial charge in [-0.25, -0.2) is 0 Å². The van der Waals surface area contributed by atoms with E-state index in [1.165, 1.54) is 0 Å². The van der Waals surface area contributed by atoms with Crippen molar-refractivity contribution in [1.29, 1.82) is 0 Å². The fourth-order valence-corrected chi connectivity index (χ4v) is 2.53. The van der Waals surface area contributed by atoms with Crippen molar-refractivity contribution in [1.82, 2.24) is 10.3 Å². The Hall–Kier alpha value is -0.660. The maximum Gasteiger partial charge on any atom is 0.401 e. The molecule has 0 aliphatic carbocycles. The number of rotatable bonds is 4. The molecule has 0 saturated carbocycles. The van der Waals surface area contributed by atoms with Crippen LogP contribution in [0.15, 0.2) is 16.6 Å². The van der Waals surface area contributed by atoms with Crippen LogP contribution in [-0.4, -0.2) is 30.9 Å². The molecule has 20 heavy (non-hydrogen) atoms. The van der Waals surface area contributed by atoms with Gasteiger partial charge in [0.25, 0.3) is 0 Å². The van der Waals surface area contributed by atoms with Crippen molar-refractivity contribution in [2.75, 3.05) is 19.8 Å².